The van der Waals surface area contributed by atoms with E-state index in [1.165, 1.54) is 33.7 Å². The Morgan fingerprint density at radius 1 is 1.17 bits per heavy atom. The molecule has 0 aliphatic heterocycles. The highest BCUT2D eigenvalue weighted by molar-refractivity contribution is 7.93. The van der Waals surface area contributed by atoms with Gasteiger partial charge in [0.1, 0.15) is 23.5 Å². The highest BCUT2D eigenvalue weighted by Crippen LogP contribution is 2.34. The fraction of sp³-hybridized carbons (Fsp3) is 0.348. The van der Waals surface area contributed by atoms with Gasteiger partial charge in [-0.25, -0.2) is 32.1 Å². The number of nitrogens with zero attached hydrogens (tertiary/aromatic N) is 7. The number of aromatic nitrogens is 6. The van der Waals surface area contributed by atoms with Crippen LogP contribution < -0.4 is 9.04 Å². The Labute approximate surface area is 209 Å². The maximum absolute atomic E-state index is 13.5. The number of benzene rings is 1. The number of rotatable bonds is 8. The Balaban J connectivity index is 0.00000176. The van der Waals surface area contributed by atoms with E-state index < -0.39 is 21.1 Å². The van der Waals surface area contributed by atoms with Gasteiger partial charge in [-0.1, -0.05) is 26.0 Å². The lowest BCUT2D eigenvalue weighted by Gasteiger charge is -2.24. The molecule has 0 amide bonds. The van der Waals surface area contributed by atoms with Gasteiger partial charge in [0.2, 0.25) is 16.0 Å². The molecule has 36 heavy (non-hydrogen) atoms. The summed E-state index contributed by atoms with van der Waals surface area (Å²) >= 11 is 0. The van der Waals surface area contributed by atoms with Gasteiger partial charge in [-0.15, -0.1) is 10.2 Å². The molecule has 0 N–H and O–H groups in total. The molecule has 4 rings (SSSR count). The summed E-state index contributed by atoms with van der Waals surface area (Å²) in [6.07, 6.45) is 4.60. The summed E-state index contributed by atoms with van der Waals surface area (Å²) in [6, 6.07) is 5.43. The van der Waals surface area contributed by atoms with Crippen LogP contribution >= 0.6 is 0 Å². The molecule has 0 bridgehead atoms. The lowest BCUT2D eigenvalue weighted by molar-refractivity contribution is 0.412. The Morgan fingerprint density at radius 2 is 1.86 bits per heavy atom. The van der Waals surface area contributed by atoms with E-state index in [9.17, 15) is 12.8 Å². The standard InChI is InChI=1S/C21H22FN7O4S.C2H6/c1-13-6-5-7-17(32-4)19(13)29-20(16-11-33-12-25-16)26-27-21(29)28(3)34(30,31)14(2)8-18-23-9-15(22)10-24-18;1-2/h5-7,9-12,14H,8H2,1-4H3;1-2H3/t14-;/m1./s1. The summed E-state index contributed by atoms with van der Waals surface area (Å²) in [5, 5.41) is 7.43. The van der Waals surface area contributed by atoms with Crippen LogP contribution in [0.4, 0.5) is 10.3 Å². The highest BCUT2D eigenvalue weighted by Gasteiger charge is 2.33. The summed E-state index contributed by atoms with van der Waals surface area (Å²) < 4.78 is 53.3. The predicted molar refractivity (Wildman–Crippen MR) is 132 cm³/mol. The van der Waals surface area contributed by atoms with Gasteiger partial charge < -0.3 is 9.15 Å². The average Bonchev–Trinajstić information content (AvgIpc) is 3.56. The van der Waals surface area contributed by atoms with Gasteiger partial charge in [0.15, 0.2) is 18.0 Å². The van der Waals surface area contributed by atoms with Gasteiger partial charge in [0.25, 0.3) is 0 Å². The van der Waals surface area contributed by atoms with Crippen molar-refractivity contribution < 1.29 is 22.0 Å². The number of hydrogen-bond acceptors (Lipinski definition) is 9. The smallest absolute Gasteiger partial charge is 0.245 e. The van der Waals surface area contributed by atoms with Crippen molar-refractivity contribution in [1.82, 2.24) is 29.7 Å². The molecule has 0 unspecified atom stereocenters. The Kier molecular flexibility index (Phi) is 8.35. The van der Waals surface area contributed by atoms with Crippen LogP contribution in [-0.2, 0) is 16.4 Å². The second kappa shape index (κ2) is 11.2. The lowest BCUT2D eigenvalue weighted by Crippen LogP contribution is -2.37. The SMILES string of the molecule is CC.COc1cccc(C)c1-n1c(-c2cocn2)nnc1N(C)S(=O)(=O)[C@H](C)Cc1ncc(F)cn1. The first-order chi connectivity index (χ1) is 17.2. The van der Waals surface area contributed by atoms with Crippen LogP contribution in [-0.4, -0.2) is 57.5 Å². The molecule has 0 saturated carbocycles. The number of aryl methyl sites for hydroxylation is 1. The Morgan fingerprint density at radius 3 is 2.47 bits per heavy atom. The van der Waals surface area contributed by atoms with E-state index in [1.54, 1.807) is 10.6 Å². The molecule has 192 valence electrons. The number of methoxy groups -OCH3 is 1. The van der Waals surface area contributed by atoms with Crippen molar-refractivity contribution in [3.8, 4) is 23.0 Å². The van der Waals surface area contributed by atoms with Gasteiger partial charge in [-0.2, -0.15) is 0 Å². The minimum atomic E-state index is -3.97. The predicted octanol–water partition coefficient (Wildman–Crippen LogP) is 3.59. The quantitative estimate of drug-likeness (QED) is 0.344. The first-order valence-corrected chi connectivity index (χ1v) is 12.7. The van der Waals surface area contributed by atoms with Crippen LogP contribution in [0.15, 0.2) is 47.7 Å². The van der Waals surface area contributed by atoms with Crippen molar-refractivity contribution in [2.45, 2.75) is 39.4 Å². The third kappa shape index (κ3) is 5.20. The second-order valence-electron chi connectivity index (χ2n) is 7.50. The van der Waals surface area contributed by atoms with Crippen molar-refractivity contribution in [1.29, 1.82) is 0 Å². The van der Waals surface area contributed by atoms with Crippen molar-refractivity contribution in [2.24, 2.45) is 0 Å². The van der Waals surface area contributed by atoms with Gasteiger partial charge in [-0.05, 0) is 25.5 Å². The van der Waals surface area contributed by atoms with Gasteiger partial charge in [0, 0.05) is 13.5 Å². The summed E-state index contributed by atoms with van der Waals surface area (Å²) in [4.78, 5) is 11.9. The third-order valence-corrected chi connectivity index (χ3v) is 7.38. The van der Waals surface area contributed by atoms with E-state index in [-0.39, 0.29) is 24.0 Å². The maximum atomic E-state index is 13.5. The van der Waals surface area contributed by atoms with Crippen molar-refractivity contribution in [2.75, 3.05) is 18.5 Å². The summed E-state index contributed by atoms with van der Waals surface area (Å²) in [7, 11) is -1.07. The van der Waals surface area contributed by atoms with E-state index in [0.717, 1.165) is 22.3 Å². The molecule has 3 heterocycles. The van der Waals surface area contributed by atoms with Crippen LogP contribution in [0.3, 0.4) is 0 Å². The second-order valence-corrected chi connectivity index (χ2v) is 9.89. The zero-order valence-corrected chi connectivity index (χ0v) is 21.7. The molecule has 3 aromatic heterocycles. The van der Waals surface area contributed by atoms with Crippen molar-refractivity contribution in [3.05, 3.63) is 60.5 Å². The first kappa shape index (κ1) is 26.7. The number of para-hydroxylation sites is 1. The number of anilines is 1. The maximum Gasteiger partial charge on any atom is 0.245 e. The van der Waals surface area contributed by atoms with Crippen molar-refractivity contribution in [3.63, 3.8) is 0 Å². The molecule has 0 spiro atoms. The summed E-state index contributed by atoms with van der Waals surface area (Å²) in [6.45, 7) is 7.38. The molecular weight excluding hydrogens is 489 g/mol. The molecule has 1 atom stereocenters. The number of ether oxygens (including phenoxy) is 1. The number of oxazole rings is 1. The molecule has 4 aromatic rings. The van der Waals surface area contributed by atoms with Gasteiger partial charge >= 0.3 is 0 Å². The summed E-state index contributed by atoms with van der Waals surface area (Å²) in [5.74, 6) is 0.392. The van der Waals surface area contributed by atoms with Crippen LogP contribution in [0.5, 0.6) is 5.75 Å². The van der Waals surface area contributed by atoms with E-state index >= 15 is 0 Å². The Bertz CT molecular complexity index is 1390. The zero-order chi connectivity index (χ0) is 26.5. The summed E-state index contributed by atoms with van der Waals surface area (Å²) in [5.41, 5.74) is 1.71. The minimum absolute atomic E-state index is 0.0229. The van der Waals surface area contributed by atoms with Crippen LogP contribution in [0.25, 0.3) is 17.2 Å². The third-order valence-electron chi connectivity index (χ3n) is 5.27. The molecule has 0 aliphatic rings. The topological polar surface area (TPSA) is 129 Å². The number of sulfonamides is 1. The molecule has 0 saturated heterocycles. The normalized spacial score (nSPS) is 12.0. The largest absolute Gasteiger partial charge is 0.495 e. The molecule has 0 radical (unpaired) electrons. The molecule has 13 heteroatoms. The van der Waals surface area contributed by atoms with E-state index in [4.69, 9.17) is 9.15 Å². The van der Waals surface area contributed by atoms with Crippen LogP contribution in [0.1, 0.15) is 32.2 Å². The van der Waals surface area contributed by atoms with Crippen LogP contribution in [0.2, 0.25) is 0 Å². The van der Waals surface area contributed by atoms with Gasteiger partial charge in [-0.3, -0.25) is 4.57 Å². The van der Waals surface area contributed by atoms with Gasteiger partial charge in [0.05, 0.1) is 30.4 Å². The number of hydrogen-bond donors (Lipinski definition) is 0. The van der Waals surface area contributed by atoms with Crippen LogP contribution in [0, 0.1) is 12.7 Å². The fourth-order valence-electron chi connectivity index (χ4n) is 3.45. The average molecular weight is 518 g/mol. The Hall–Kier alpha value is -3.87. The number of halogens is 1. The first-order valence-electron chi connectivity index (χ1n) is 11.2. The highest BCUT2D eigenvalue weighted by atomic mass is 32.2. The molecule has 0 aliphatic carbocycles. The fourth-order valence-corrected chi connectivity index (χ4v) is 4.69. The monoisotopic (exact) mass is 517 g/mol. The lowest BCUT2D eigenvalue weighted by atomic mass is 10.1. The van der Waals surface area contributed by atoms with E-state index in [0.29, 0.717) is 17.1 Å². The van der Waals surface area contributed by atoms with E-state index in [1.807, 2.05) is 32.9 Å². The molecular formula is C23H28FN7O4S. The van der Waals surface area contributed by atoms with Crippen molar-refractivity contribution >= 4 is 16.0 Å². The zero-order valence-electron chi connectivity index (χ0n) is 20.9. The molecule has 11 nitrogen and oxygen atoms in total. The van der Waals surface area contributed by atoms with E-state index in [2.05, 4.69) is 25.1 Å². The minimum Gasteiger partial charge on any atom is -0.495 e. The molecule has 1 aromatic carbocycles. The molecule has 0 fully saturated rings.